The van der Waals surface area contributed by atoms with Crippen LogP contribution < -0.4 is 15.0 Å². The number of benzene rings is 1. The van der Waals surface area contributed by atoms with Crippen molar-refractivity contribution in [2.45, 2.75) is 75.3 Å². The Kier molecular flexibility index (Phi) is 5.52. The lowest BCUT2D eigenvalue weighted by molar-refractivity contribution is 0.0831. The van der Waals surface area contributed by atoms with E-state index in [0.29, 0.717) is 23.4 Å². The molecule has 6 rings (SSSR count). The van der Waals surface area contributed by atoms with Crippen LogP contribution in [0.3, 0.4) is 0 Å². The van der Waals surface area contributed by atoms with E-state index in [1.54, 1.807) is 18.3 Å². The summed E-state index contributed by atoms with van der Waals surface area (Å²) in [6.45, 7) is 4.15. The predicted octanol–water partition coefficient (Wildman–Crippen LogP) is 3.83. The molecule has 9 nitrogen and oxygen atoms in total. The molecular weight excluding hydrogens is 480 g/mol. The van der Waals surface area contributed by atoms with Crippen LogP contribution in [0.4, 0.5) is 14.6 Å². The topological polar surface area (TPSA) is 109 Å². The minimum atomic E-state index is -1.04. The molecule has 1 aromatic carbocycles. The smallest absolute Gasteiger partial charge is 0.316 e. The van der Waals surface area contributed by atoms with Crippen molar-refractivity contribution in [3.05, 3.63) is 36.4 Å². The summed E-state index contributed by atoms with van der Waals surface area (Å²) in [6.07, 6.45) is 6.00. The zero-order valence-electron chi connectivity index (χ0n) is 20.9. The van der Waals surface area contributed by atoms with Crippen LogP contribution in [0.1, 0.15) is 46.0 Å². The molecular formula is C26H29F2N7O2. The van der Waals surface area contributed by atoms with E-state index in [1.165, 1.54) is 13.2 Å². The molecule has 0 amide bonds. The van der Waals surface area contributed by atoms with Crippen molar-refractivity contribution in [2.75, 3.05) is 12.0 Å². The number of hydrogen-bond donors (Lipinski definition) is 2. The molecule has 4 atom stereocenters. The van der Waals surface area contributed by atoms with Crippen LogP contribution in [0.2, 0.25) is 0 Å². The van der Waals surface area contributed by atoms with E-state index < -0.39 is 17.5 Å². The zero-order chi connectivity index (χ0) is 25.9. The van der Waals surface area contributed by atoms with Gasteiger partial charge in [-0.25, -0.2) is 18.7 Å². The molecule has 2 saturated heterocycles. The van der Waals surface area contributed by atoms with Gasteiger partial charge in [0.2, 0.25) is 0 Å². The monoisotopic (exact) mass is 509 g/mol. The third kappa shape index (κ3) is 4.14. The highest BCUT2D eigenvalue weighted by Gasteiger charge is 2.58. The van der Waals surface area contributed by atoms with E-state index in [1.807, 2.05) is 6.92 Å². The Morgan fingerprint density at radius 2 is 1.95 bits per heavy atom. The van der Waals surface area contributed by atoms with Crippen molar-refractivity contribution >= 4 is 5.82 Å². The highest BCUT2D eigenvalue weighted by molar-refractivity contribution is 5.71. The number of alkyl halides is 1. The number of nitrogens with one attached hydrogen (secondary N) is 1. The van der Waals surface area contributed by atoms with Crippen LogP contribution in [0.25, 0.3) is 22.6 Å². The molecule has 194 valence electrons. The maximum absolute atomic E-state index is 15.8. The number of anilines is 1. The van der Waals surface area contributed by atoms with Gasteiger partial charge in [-0.15, -0.1) is 10.2 Å². The average Bonchev–Trinajstić information content (AvgIpc) is 3.68. The lowest BCUT2D eigenvalue weighted by Gasteiger charge is -2.48. The van der Waals surface area contributed by atoms with Crippen molar-refractivity contribution in [3.8, 4) is 34.4 Å². The molecule has 0 spiro atoms. The first kappa shape index (κ1) is 23.9. The third-order valence-electron chi connectivity index (χ3n) is 7.92. The second-order valence-corrected chi connectivity index (χ2v) is 10.8. The van der Waals surface area contributed by atoms with E-state index in [0.717, 1.165) is 31.9 Å². The van der Waals surface area contributed by atoms with Crippen LogP contribution in [0.5, 0.6) is 11.8 Å². The zero-order valence-corrected chi connectivity index (χ0v) is 20.9. The Labute approximate surface area is 213 Å². The normalized spacial score (nSPS) is 28.8. The van der Waals surface area contributed by atoms with Crippen LogP contribution in [-0.4, -0.2) is 66.7 Å². The Hall–Kier alpha value is -3.47. The van der Waals surface area contributed by atoms with Gasteiger partial charge >= 0.3 is 6.01 Å². The number of phenols is 1. The predicted molar refractivity (Wildman–Crippen MR) is 132 cm³/mol. The molecule has 0 unspecified atom stereocenters. The van der Waals surface area contributed by atoms with Crippen molar-refractivity contribution < 1.29 is 18.6 Å². The molecule has 2 bridgehead atoms. The van der Waals surface area contributed by atoms with E-state index in [2.05, 4.69) is 42.3 Å². The Bertz CT molecular complexity index is 1340. The Balaban J connectivity index is 1.28. The second-order valence-electron chi connectivity index (χ2n) is 10.8. The van der Waals surface area contributed by atoms with Crippen molar-refractivity contribution in [1.29, 1.82) is 0 Å². The fourth-order valence-corrected chi connectivity index (χ4v) is 5.95. The summed E-state index contributed by atoms with van der Waals surface area (Å²) in [5.41, 5.74) is 0.0383. The number of aromatic hydroxyl groups is 1. The van der Waals surface area contributed by atoms with Gasteiger partial charge in [0.15, 0.2) is 17.5 Å². The number of phenolic OH excluding ortho intramolecular Hbond substituents is 1. The number of ether oxygens (including phenoxy) is 1. The third-order valence-corrected chi connectivity index (χ3v) is 7.92. The quantitative estimate of drug-likeness (QED) is 0.512. The van der Waals surface area contributed by atoms with Crippen LogP contribution in [-0.2, 0) is 0 Å². The highest BCUT2D eigenvalue weighted by atomic mass is 19.1. The molecule has 37 heavy (non-hydrogen) atoms. The van der Waals surface area contributed by atoms with Crippen LogP contribution >= 0.6 is 0 Å². The van der Waals surface area contributed by atoms with Gasteiger partial charge in [0, 0.05) is 22.7 Å². The maximum Gasteiger partial charge on any atom is 0.316 e. The highest BCUT2D eigenvalue weighted by Crippen LogP contribution is 2.47. The number of hydrogen-bond acceptors (Lipinski definition) is 9. The van der Waals surface area contributed by atoms with Gasteiger partial charge in [-0.1, -0.05) is 6.07 Å². The molecule has 2 N–H and O–H groups in total. The van der Waals surface area contributed by atoms with Gasteiger partial charge in [-0.05, 0) is 58.1 Å². The summed E-state index contributed by atoms with van der Waals surface area (Å²) >= 11 is 0. The minimum Gasteiger partial charge on any atom is -0.507 e. The van der Waals surface area contributed by atoms with Gasteiger partial charge in [0.05, 0.1) is 31.1 Å². The summed E-state index contributed by atoms with van der Waals surface area (Å²) in [5, 5.41) is 22.9. The number of methoxy groups -OCH3 is 1. The Morgan fingerprint density at radius 3 is 2.62 bits per heavy atom. The molecule has 4 heterocycles. The number of fused-ring (bicyclic) bond motifs is 2. The van der Waals surface area contributed by atoms with Crippen LogP contribution in [0.15, 0.2) is 30.6 Å². The number of piperidine rings is 1. The van der Waals surface area contributed by atoms with E-state index in [-0.39, 0.29) is 40.9 Å². The first-order valence-corrected chi connectivity index (χ1v) is 12.5. The molecule has 1 aliphatic carbocycles. The number of aromatic nitrogens is 5. The first-order valence-electron chi connectivity index (χ1n) is 12.5. The number of halogens is 2. The minimum absolute atomic E-state index is 0.00211. The van der Waals surface area contributed by atoms with Gasteiger partial charge < -0.3 is 20.1 Å². The van der Waals surface area contributed by atoms with E-state index in [4.69, 9.17) is 4.74 Å². The first-order chi connectivity index (χ1) is 17.7. The molecule has 1 saturated carbocycles. The number of rotatable bonds is 6. The summed E-state index contributed by atoms with van der Waals surface area (Å²) in [7, 11) is 1.39. The fraction of sp³-hybridized carbons (Fsp3) is 0.500. The standard InChI is InChI=1S/C26H29F2N7O2/c1-25-8-9-26(2,34-25)22(28)18(11-25)35(15-5-6-15)20-13-29-23(33-32-20)16-7-4-14(10-19(16)36)21-17(27)12-30-24(31-21)37-3/h4,7,10,12-13,15,18,22,34,36H,5-6,8-9,11H2,1-3H3/t18-,22-,25-,26+/m0/s1. The molecule has 0 radical (unpaired) electrons. The Morgan fingerprint density at radius 1 is 1.14 bits per heavy atom. The number of nitrogens with zero attached hydrogens (tertiary/aromatic N) is 6. The van der Waals surface area contributed by atoms with Crippen molar-refractivity contribution in [2.24, 2.45) is 0 Å². The molecule has 11 heteroatoms. The van der Waals surface area contributed by atoms with Gasteiger partial charge in [-0.3, -0.25) is 0 Å². The average molecular weight is 510 g/mol. The molecule has 2 aromatic heterocycles. The van der Waals surface area contributed by atoms with Crippen LogP contribution in [0, 0.1) is 5.82 Å². The lowest BCUT2D eigenvalue weighted by Crippen LogP contribution is -2.66. The van der Waals surface area contributed by atoms with Gasteiger partial charge in [0.25, 0.3) is 0 Å². The van der Waals surface area contributed by atoms with E-state index >= 15 is 4.39 Å². The summed E-state index contributed by atoms with van der Waals surface area (Å²) in [6, 6.07) is 4.51. The molecule has 2 aliphatic heterocycles. The molecule has 3 fully saturated rings. The summed E-state index contributed by atoms with van der Waals surface area (Å²) in [4.78, 5) is 14.3. The van der Waals surface area contributed by atoms with Crippen molar-refractivity contribution in [1.82, 2.24) is 30.5 Å². The van der Waals surface area contributed by atoms with Crippen molar-refractivity contribution in [3.63, 3.8) is 0 Å². The van der Waals surface area contributed by atoms with E-state index in [9.17, 15) is 9.50 Å². The SMILES string of the molecule is COc1ncc(F)c(-c2ccc(-c3ncc(N(C4CC4)[C@H]4C[C@]5(C)CC[C@@](C)(N5)[C@H]4F)nn3)c(O)c2)n1. The van der Waals surface area contributed by atoms with Gasteiger partial charge in [0.1, 0.15) is 17.6 Å². The molecule has 3 aliphatic rings. The summed E-state index contributed by atoms with van der Waals surface area (Å²) < 4.78 is 35.1. The largest absolute Gasteiger partial charge is 0.507 e. The van der Waals surface area contributed by atoms with Gasteiger partial charge in [-0.2, -0.15) is 4.98 Å². The fourth-order valence-electron chi connectivity index (χ4n) is 5.95. The second kappa shape index (κ2) is 8.54. The maximum atomic E-state index is 15.8. The lowest BCUT2D eigenvalue weighted by atomic mass is 9.82. The summed E-state index contributed by atoms with van der Waals surface area (Å²) in [5.74, 6) is -0.0395. The molecule has 3 aromatic rings.